The van der Waals surface area contributed by atoms with E-state index in [4.69, 9.17) is 5.26 Å². The molecule has 0 saturated heterocycles. The Labute approximate surface area is 93.6 Å². The summed E-state index contributed by atoms with van der Waals surface area (Å²) in [5, 5.41) is 12.1. The fourth-order valence-electron chi connectivity index (χ4n) is 1.35. The van der Waals surface area contributed by atoms with Crippen molar-refractivity contribution in [1.82, 2.24) is 9.97 Å². The molecule has 1 aromatic heterocycles. The molecule has 0 aliphatic rings. The van der Waals surface area contributed by atoms with Crippen LogP contribution in [0.25, 0.3) is 0 Å². The van der Waals surface area contributed by atoms with Crippen LogP contribution in [0.2, 0.25) is 0 Å². The summed E-state index contributed by atoms with van der Waals surface area (Å²) >= 11 is 0. The van der Waals surface area contributed by atoms with E-state index in [1.54, 1.807) is 18.5 Å². The molecule has 4 heteroatoms. The predicted molar refractivity (Wildman–Crippen MR) is 60.5 cm³/mol. The molecule has 0 aliphatic heterocycles. The maximum absolute atomic E-state index is 8.90. The number of benzene rings is 1. The van der Waals surface area contributed by atoms with Crippen molar-refractivity contribution in [2.75, 3.05) is 5.32 Å². The van der Waals surface area contributed by atoms with Crippen LogP contribution in [0.3, 0.4) is 0 Å². The molecule has 2 rings (SSSR count). The lowest BCUT2D eigenvalue weighted by Crippen LogP contribution is -2.01. The Bertz CT molecular complexity index is 502. The van der Waals surface area contributed by atoms with Crippen LogP contribution in [0.5, 0.6) is 0 Å². The van der Waals surface area contributed by atoms with Gasteiger partial charge >= 0.3 is 0 Å². The van der Waals surface area contributed by atoms with Gasteiger partial charge in [-0.3, -0.25) is 0 Å². The smallest absolute Gasteiger partial charge is 0.115 e. The molecule has 4 nitrogen and oxygen atoms in total. The molecule has 0 unspecified atom stereocenters. The molecule has 0 aliphatic carbocycles. The van der Waals surface area contributed by atoms with Gasteiger partial charge in [-0.1, -0.05) is 12.1 Å². The first-order valence-corrected chi connectivity index (χ1v) is 4.87. The summed E-state index contributed by atoms with van der Waals surface area (Å²) in [4.78, 5) is 7.85. The van der Waals surface area contributed by atoms with Crippen LogP contribution in [-0.2, 0) is 6.54 Å². The molecule has 16 heavy (non-hydrogen) atoms. The van der Waals surface area contributed by atoms with Gasteiger partial charge < -0.3 is 5.32 Å². The minimum Gasteiger partial charge on any atom is -0.380 e. The summed E-state index contributed by atoms with van der Waals surface area (Å²) in [6, 6.07) is 9.53. The Morgan fingerprint density at radius 2 is 1.94 bits per heavy atom. The van der Waals surface area contributed by atoms with Gasteiger partial charge in [0.15, 0.2) is 0 Å². The number of nitrogens with one attached hydrogen (secondary N) is 1. The molecule has 1 aromatic carbocycles. The van der Waals surface area contributed by atoms with Crippen molar-refractivity contribution in [3.8, 4) is 6.07 Å². The summed E-state index contributed by atoms with van der Waals surface area (Å²) in [5.41, 5.74) is 2.45. The Morgan fingerprint density at radius 3 is 2.69 bits per heavy atom. The third kappa shape index (κ3) is 2.34. The van der Waals surface area contributed by atoms with E-state index in [0.29, 0.717) is 12.1 Å². The molecule has 1 N–H and O–H groups in total. The summed E-state index contributed by atoms with van der Waals surface area (Å²) in [5.74, 6) is 0. The predicted octanol–water partition coefficient (Wildman–Crippen LogP) is 1.96. The van der Waals surface area contributed by atoms with Crippen LogP contribution in [0.4, 0.5) is 5.69 Å². The Kier molecular flexibility index (Phi) is 3.10. The third-order valence-corrected chi connectivity index (χ3v) is 2.14. The highest BCUT2D eigenvalue weighted by Gasteiger charge is 1.99. The number of hydrogen-bond acceptors (Lipinski definition) is 4. The number of anilines is 1. The van der Waals surface area contributed by atoms with Crippen molar-refractivity contribution in [2.24, 2.45) is 0 Å². The van der Waals surface area contributed by atoms with E-state index < -0.39 is 0 Å². The second kappa shape index (κ2) is 4.89. The fraction of sp³-hybridized carbons (Fsp3) is 0.0833. The van der Waals surface area contributed by atoms with Gasteiger partial charge in [0, 0.05) is 24.5 Å². The molecule has 1 heterocycles. The van der Waals surface area contributed by atoms with Crippen molar-refractivity contribution in [3.63, 3.8) is 0 Å². The summed E-state index contributed by atoms with van der Waals surface area (Å²) in [6.45, 7) is 0.611. The normalized spacial score (nSPS) is 9.44. The minimum absolute atomic E-state index is 0.611. The maximum atomic E-state index is 8.90. The lowest BCUT2D eigenvalue weighted by atomic mass is 10.2. The van der Waals surface area contributed by atoms with Gasteiger partial charge in [0.2, 0.25) is 0 Å². The van der Waals surface area contributed by atoms with Crippen LogP contribution >= 0.6 is 0 Å². The molecule has 0 fully saturated rings. The topological polar surface area (TPSA) is 61.6 Å². The van der Waals surface area contributed by atoms with Crippen molar-refractivity contribution in [3.05, 3.63) is 54.1 Å². The monoisotopic (exact) mass is 210 g/mol. The molecule has 0 spiro atoms. The second-order valence-electron chi connectivity index (χ2n) is 3.26. The second-order valence-corrected chi connectivity index (χ2v) is 3.26. The lowest BCUT2D eigenvalue weighted by molar-refractivity contribution is 1.05. The van der Waals surface area contributed by atoms with Gasteiger partial charge in [0.25, 0.3) is 0 Å². The molecule has 0 radical (unpaired) electrons. The van der Waals surface area contributed by atoms with E-state index >= 15 is 0 Å². The molecule has 0 atom stereocenters. The van der Waals surface area contributed by atoms with E-state index in [1.807, 2.05) is 18.2 Å². The van der Waals surface area contributed by atoms with Gasteiger partial charge in [0.1, 0.15) is 12.4 Å². The SMILES string of the molecule is N#Cc1ccccc1NCc1cncnc1. The summed E-state index contributed by atoms with van der Waals surface area (Å²) in [6.07, 6.45) is 4.98. The fourth-order valence-corrected chi connectivity index (χ4v) is 1.35. The summed E-state index contributed by atoms with van der Waals surface area (Å²) < 4.78 is 0. The largest absolute Gasteiger partial charge is 0.380 e. The van der Waals surface area contributed by atoms with Gasteiger partial charge in [0.05, 0.1) is 11.3 Å². The highest BCUT2D eigenvalue weighted by molar-refractivity contribution is 5.57. The standard InChI is InChI=1S/C12H10N4/c13-5-11-3-1-2-4-12(11)16-8-10-6-14-9-15-7-10/h1-4,6-7,9,16H,8H2. The van der Waals surface area contributed by atoms with Crippen LogP contribution in [0.15, 0.2) is 43.0 Å². The minimum atomic E-state index is 0.611. The number of hydrogen-bond donors (Lipinski definition) is 1. The van der Waals surface area contributed by atoms with Crippen molar-refractivity contribution < 1.29 is 0 Å². The first-order chi connectivity index (χ1) is 7.90. The molecular formula is C12H10N4. The highest BCUT2D eigenvalue weighted by Crippen LogP contribution is 2.14. The van der Waals surface area contributed by atoms with Crippen LogP contribution in [-0.4, -0.2) is 9.97 Å². The van der Waals surface area contributed by atoms with Gasteiger partial charge in [-0.2, -0.15) is 5.26 Å². The molecule has 2 aromatic rings. The zero-order chi connectivity index (χ0) is 11.2. The Balaban J connectivity index is 2.09. The van der Waals surface area contributed by atoms with E-state index in [-0.39, 0.29) is 0 Å². The van der Waals surface area contributed by atoms with E-state index in [1.165, 1.54) is 6.33 Å². The van der Waals surface area contributed by atoms with Gasteiger partial charge in [-0.05, 0) is 12.1 Å². The average molecular weight is 210 g/mol. The number of nitrogens with zero attached hydrogens (tertiary/aromatic N) is 3. The quantitative estimate of drug-likeness (QED) is 0.841. The Morgan fingerprint density at radius 1 is 1.19 bits per heavy atom. The first kappa shape index (κ1) is 10.1. The molecular weight excluding hydrogens is 200 g/mol. The maximum Gasteiger partial charge on any atom is 0.115 e. The molecule has 0 amide bonds. The van der Waals surface area contributed by atoms with Crippen LogP contribution in [0.1, 0.15) is 11.1 Å². The highest BCUT2D eigenvalue weighted by atomic mass is 14.9. The van der Waals surface area contributed by atoms with Crippen molar-refractivity contribution in [2.45, 2.75) is 6.54 Å². The van der Waals surface area contributed by atoms with Crippen molar-refractivity contribution >= 4 is 5.69 Å². The zero-order valence-corrected chi connectivity index (χ0v) is 8.59. The van der Waals surface area contributed by atoms with E-state index in [2.05, 4.69) is 21.4 Å². The van der Waals surface area contributed by atoms with Crippen LogP contribution < -0.4 is 5.32 Å². The van der Waals surface area contributed by atoms with Gasteiger partial charge in [-0.25, -0.2) is 9.97 Å². The third-order valence-electron chi connectivity index (χ3n) is 2.14. The van der Waals surface area contributed by atoms with Crippen molar-refractivity contribution in [1.29, 1.82) is 5.26 Å². The molecule has 0 bridgehead atoms. The summed E-state index contributed by atoms with van der Waals surface area (Å²) in [7, 11) is 0. The zero-order valence-electron chi connectivity index (χ0n) is 8.59. The van der Waals surface area contributed by atoms with E-state index in [9.17, 15) is 0 Å². The molecule has 78 valence electrons. The van der Waals surface area contributed by atoms with Gasteiger partial charge in [-0.15, -0.1) is 0 Å². The van der Waals surface area contributed by atoms with Crippen LogP contribution in [0, 0.1) is 11.3 Å². The Hall–Kier alpha value is -2.41. The number of rotatable bonds is 3. The number of nitriles is 1. The van der Waals surface area contributed by atoms with E-state index in [0.717, 1.165) is 11.3 Å². The average Bonchev–Trinajstić information content (AvgIpc) is 2.38. The molecule has 0 saturated carbocycles. The number of para-hydroxylation sites is 1. The first-order valence-electron chi connectivity index (χ1n) is 4.87. The number of aromatic nitrogens is 2. The lowest BCUT2D eigenvalue weighted by Gasteiger charge is -2.06.